The van der Waals surface area contributed by atoms with Crippen LogP contribution in [0.15, 0.2) is 42.6 Å². The molecular formula is C19H21FN6O. The third-order valence-electron chi connectivity index (χ3n) is 5.00. The average molecular weight is 368 g/mol. The first-order valence-corrected chi connectivity index (χ1v) is 9.16. The molecule has 1 N–H and O–H groups in total. The Hall–Kier alpha value is -2.87. The summed E-state index contributed by atoms with van der Waals surface area (Å²) >= 11 is 0. The molecular weight excluding hydrogens is 347 g/mol. The van der Waals surface area contributed by atoms with Crippen LogP contribution in [0.4, 0.5) is 4.39 Å². The number of benzene rings is 1. The van der Waals surface area contributed by atoms with Crippen molar-refractivity contribution in [3.05, 3.63) is 59.5 Å². The van der Waals surface area contributed by atoms with Crippen LogP contribution in [-0.2, 0) is 0 Å². The van der Waals surface area contributed by atoms with E-state index in [0.717, 1.165) is 31.5 Å². The van der Waals surface area contributed by atoms with Gasteiger partial charge in [0.15, 0.2) is 5.65 Å². The Balaban J connectivity index is 1.50. The molecule has 0 bridgehead atoms. The van der Waals surface area contributed by atoms with Crippen molar-refractivity contribution in [3.8, 4) is 0 Å². The van der Waals surface area contributed by atoms with Crippen LogP contribution < -0.4 is 5.32 Å². The molecule has 1 aliphatic heterocycles. The lowest BCUT2D eigenvalue weighted by atomic mass is 10.0. The van der Waals surface area contributed by atoms with Gasteiger partial charge in [0.05, 0.1) is 11.6 Å². The van der Waals surface area contributed by atoms with Crippen LogP contribution in [0.5, 0.6) is 0 Å². The SMILES string of the molecule is O=C(NC[C@@H](c1ccc(F)cc1)N1CCCCC1)c1ccc2nnnn2c1. The molecule has 2 aromatic heterocycles. The molecule has 3 aromatic rings. The van der Waals surface area contributed by atoms with Crippen LogP contribution in [0.25, 0.3) is 5.65 Å². The lowest BCUT2D eigenvalue weighted by molar-refractivity contribution is 0.0924. The van der Waals surface area contributed by atoms with Gasteiger partial charge in [-0.25, -0.2) is 4.39 Å². The minimum Gasteiger partial charge on any atom is -0.350 e. The molecule has 1 amide bonds. The summed E-state index contributed by atoms with van der Waals surface area (Å²) in [6, 6.07) is 9.97. The molecule has 0 spiro atoms. The Bertz CT molecular complexity index is 919. The molecule has 0 saturated carbocycles. The first-order valence-electron chi connectivity index (χ1n) is 9.16. The predicted octanol–water partition coefficient (Wildman–Crippen LogP) is 2.22. The van der Waals surface area contributed by atoms with E-state index in [2.05, 4.69) is 25.7 Å². The van der Waals surface area contributed by atoms with Crippen LogP contribution in [0.2, 0.25) is 0 Å². The fraction of sp³-hybridized carbons (Fsp3) is 0.368. The van der Waals surface area contributed by atoms with E-state index in [1.54, 1.807) is 30.5 Å². The fourth-order valence-electron chi connectivity index (χ4n) is 3.54. The van der Waals surface area contributed by atoms with E-state index >= 15 is 0 Å². The molecule has 27 heavy (non-hydrogen) atoms. The van der Waals surface area contributed by atoms with E-state index in [1.807, 2.05) is 0 Å². The van der Waals surface area contributed by atoms with E-state index in [4.69, 9.17) is 0 Å². The number of hydrogen-bond donors (Lipinski definition) is 1. The van der Waals surface area contributed by atoms with Crippen molar-refractivity contribution in [2.75, 3.05) is 19.6 Å². The molecule has 1 fully saturated rings. The lowest BCUT2D eigenvalue weighted by Crippen LogP contribution is -2.40. The Morgan fingerprint density at radius 3 is 2.67 bits per heavy atom. The molecule has 1 aliphatic rings. The zero-order valence-electron chi connectivity index (χ0n) is 14.9. The van der Waals surface area contributed by atoms with Gasteiger partial charge in [0.2, 0.25) is 0 Å². The van der Waals surface area contributed by atoms with Crippen molar-refractivity contribution in [3.63, 3.8) is 0 Å². The third kappa shape index (κ3) is 3.95. The fourth-order valence-corrected chi connectivity index (χ4v) is 3.54. The number of aromatic nitrogens is 4. The summed E-state index contributed by atoms with van der Waals surface area (Å²) in [5.41, 5.74) is 2.09. The highest BCUT2D eigenvalue weighted by Crippen LogP contribution is 2.24. The monoisotopic (exact) mass is 368 g/mol. The highest BCUT2D eigenvalue weighted by Gasteiger charge is 2.23. The molecule has 1 saturated heterocycles. The zero-order valence-corrected chi connectivity index (χ0v) is 14.9. The van der Waals surface area contributed by atoms with Crippen LogP contribution in [0.3, 0.4) is 0 Å². The quantitative estimate of drug-likeness (QED) is 0.747. The average Bonchev–Trinajstić information content (AvgIpc) is 3.18. The predicted molar refractivity (Wildman–Crippen MR) is 97.7 cm³/mol. The number of rotatable bonds is 5. The van der Waals surface area contributed by atoms with E-state index < -0.39 is 0 Å². The first kappa shape index (κ1) is 17.5. The zero-order chi connectivity index (χ0) is 18.6. The maximum atomic E-state index is 13.3. The topological polar surface area (TPSA) is 75.4 Å². The molecule has 8 heteroatoms. The van der Waals surface area contributed by atoms with Crippen molar-refractivity contribution in [2.45, 2.75) is 25.3 Å². The van der Waals surface area contributed by atoms with E-state index in [1.165, 1.54) is 23.1 Å². The third-order valence-corrected chi connectivity index (χ3v) is 5.00. The number of carbonyl (C=O) groups excluding carboxylic acids is 1. The van der Waals surface area contributed by atoms with E-state index in [-0.39, 0.29) is 17.8 Å². The van der Waals surface area contributed by atoms with Gasteiger partial charge < -0.3 is 5.32 Å². The summed E-state index contributed by atoms with van der Waals surface area (Å²) < 4.78 is 14.8. The van der Waals surface area contributed by atoms with Crippen molar-refractivity contribution in [1.29, 1.82) is 0 Å². The number of carbonyl (C=O) groups is 1. The molecule has 0 aliphatic carbocycles. The Kier molecular flexibility index (Phi) is 5.06. The number of fused-ring (bicyclic) bond motifs is 1. The second-order valence-electron chi connectivity index (χ2n) is 6.77. The summed E-state index contributed by atoms with van der Waals surface area (Å²) in [4.78, 5) is 15.0. The van der Waals surface area contributed by atoms with Crippen LogP contribution >= 0.6 is 0 Å². The number of pyridine rings is 1. The van der Waals surface area contributed by atoms with Crippen molar-refractivity contribution >= 4 is 11.6 Å². The van der Waals surface area contributed by atoms with Crippen LogP contribution in [-0.4, -0.2) is 50.5 Å². The maximum absolute atomic E-state index is 13.3. The Labute approximate surface area is 156 Å². The summed E-state index contributed by atoms with van der Waals surface area (Å²) in [5.74, 6) is -0.438. The smallest absolute Gasteiger partial charge is 0.252 e. The highest BCUT2D eigenvalue weighted by molar-refractivity contribution is 5.94. The summed E-state index contributed by atoms with van der Waals surface area (Å²) in [7, 11) is 0. The van der Waals surface area contributed by atoms with Gasteiger partial charge in [-0.05, 0) is 66.2 Å². The molecule has 1 atom stereocenters. The normalized spacial score (nSPS) is 16.3. The Morgan fingerprint density at radius 2 is 1.89 bits per heavy atom. The number of tetrazole rings is 1. The van der Waals surface area contributed by atoms with Gasteiger partial charge in [-0.15, -0.1) is 5.10 Å². The van der Waals surface area contributed by atoms with E-state index in [0.29, 0.717) is 17.8 Å². The van der Waals surface area contributed by atoms with Crippen LogP contribution in [0, 0.1) is 5.82 Å². The number of piperidine rings is 1. The first-order chi connectivity index (χ1) is 13.2. The largest absolute Gasteiger partial charge is 0.350 e. The lowest BCUT2D eigenvalue weighted by Gasteiger charge is -2.35. The molecule has 0 radical (unpaired) electrons. The molecule has 7 nitrogen and oxygen atoms in total. The van der Waals surface area contributed by atoms with Crippen molar-refractivity contribution in [1.82, 2.24) is 30.3 Å². The number of nitrogens with one attached hydrogen (secondary N) is 1. The van der Waals surface area contributed by atoms with Gasteiger partial charge in [0, 0.05) is 12.7 Å². The van der Waals surface area contributed by atoms with Gasteiger partial charge in [0.1, 0.15) is 5.82 Å². The van der Waals surface area contributed by atoms with Gasteiger partial charge >= 0.3 is 0 Å². The number of amides is 1. The molecule has 4 rings (SSSR count). The maximum Gasteiger partial charge on any atom is 0.252 e. The number of halogens is 1. The van der Waals surface area contributed by atoms with Gasteiger partial charge in [0.25, 0.3) is 5.91 Å². The molecule has 3 heterocycles. The van der Waals surface area contributed by atoms with Gasteiger partial charge in [-0.2, -0.15) is 4.52 Å². The van der Waals surface area contributed by atoms with E-state index in [9.17, 15) is 9.18 Å². The summed E-state index contributed by atoms with van der Waals surface area (Å²) in [5, 5.41) is 14.2. The van der Waals surface area contributed by atoms with Gasteiger partial charge in [-0.1, -0.05) is 18.6 Å². The molecule has 1 aromatic carbocycles. The minimum atomic E-state index is -0.255. The summed E-state index contributed by atoms with van der Waals surface area (Å²) in [6.07, 6.45) is 5.12. The second-order valence-corrected chi connectivity index (χ2v) is 6.77. The minimum absolute atomic E-state index is 0.0200. The Morgan fingerprint density at radius 1 is 1.11 bits per heavy atom. The highest BCUT2D eigenvalue weighted by atomic mass is 19.1. The van der Waals surface area contributed by atoms with Gasteiger partial charge in [-0.3, -0.25) is 9.69 Å². The standard InChI is InChI=1S/C19H21FN6O/c20-16-7-4-14(5-8-16)17(25-10-2-1-3-11-25)12-21-19(27)15-6-9-18-22-23-24-26(18)13-15/h4-9,13,17H,1-3,10-12H2,(H,21,27)/t17-/m0/s1. The number of hydrogen-bond acceptors (Lipinski definition) is 5. The number of likely N-dealkylation sites (tertiary alicyclic amines) is 1. The molecule has 0 unspecified atom stereocenters. The summed E-state index contributed by atoms with van der Waals surface area (Å²) in [6.45, 7) is 2.42. The second kappa shape index (κ2) is 7.79. The number of nitrogens with zero attached hydrogens (tertiary/aromatic N) is 5. The van der Waals surface area contributed by atoms with Crippen molar-refractivity contribution in [2.24, 2.45) is 0 Å². The van der Waals surface area contributed by atoms with Crippen molar-refractivity contribution < 1.29 is 9.18 Å². The van der Waals surface area contributed by atoms with Crippen LogP contribution in [0.1, 0.15) is 41.2 Å². The molecule has 140 valence electrons.